The molecule has 150 valence electrons. The summed E-state index contributed by atoms with van der Waals surface area (Å²) in [4.78, 5) is 11.5. The first kappa shape index (κ1) is 20.6. The van der Waals surface area contributed by atoms with Gasteiger partial charge in [0, 0.05) is 6.42 Å². The normalized spacial score (nSPS) is 45.1. The predicted octanol–water partition coefficient (Wildman–Crippen LogP) is 6.71. The van der Waals surface area contributed by atoms with Gasteiger partial charge in [-0.1, -0.05) is 39.7 Å². The molecular formula is C25H39NO. The fourth-order valence-electron chi connectivity index (χ4n) is 8.00. The number of hydrogen-bond acceptors (Lipinski definition) is 2. The second-order valence-electron chi connectivity index (χ2n) is 10.2. The average Bonchev–Trinajstić information content (AvgIpc) is 2.99. The Hall–Kier alpha value is -1.10. The zero-order valence-electron chi connectivity index (χ0n) is 18.0. The molecule has 0 N–H and O–H groups in total. The van der Waals surface area contributed by atoms with Crippen molar-refractivity contribution in [1.82, 2.24) is 0 Å². The molecule has 2 nitrogen and oxygen atoms in total. The third-order valence-electron chi connectivity index (χ3n) is 9.22. The average molecular weight is 370 g/mol. The lowest BCUT2D eigenvalue weighted by Gasteiger charge is -2.59. The monoisotopic (exact) mass is 369 g/mol. The molecule has 0 bridgehead atoms. The standard InChI is InChI=1S/C25H39NO/c1-5-13-25(4)21(12-16-27)18(6-2)17-20-22-10-9-19(8-7-15-26)24(22,3)14-11-23(20)25/h12,16,18-20,22-23H,5-11,13-14,17H2,1-4H3/b21-12-/t18-,19?,20?,22?,23?,24?,25?/m1/s1. The van der Waals surface area contributed by atoms with Crippen LogP contribution in [0.1, 0.15) is 91.9 Å². The summed E-state index contributed by atoms with van der Waals surface area (Å²) in [6.45, 7) is 9.64. The maximum Gasteiger partial charge on any atom is 0.142 e. The van der Waals surface area contributed by atoms with Gasteiger partial charge in [0.05, 0.1) is 6.07 Å². The van der Waals surface area contributed by atoms with E-state index in [1.54, 1.807) is 0 Å². The van der Waals surface area contributed by atoms with Crippen LogP contribution in [0.15, 0.2) is 11.6 Å². The molecule has 3 aliphatic rings. The van der Waals surface area contributed by atoms with E-state index in [2.05, 4.69) is 33.8 Å². The molecule has 0 aliphatic heterocycles. The number of aldehydes is 1. The summed E-state index contributed by atoms with van der Waals surface area (Å²) in [5.74, 6) is 3.68. The van der Waals surface area contributed by atoms with Crippen LogP contribution >= 0.6 is 0 Å². The Balaban J connectivity index is 1.94. The van der Waals surface area contributed by atoms with Gasteiger partial charge in [-0.15, -0.1) is 0 Å². The highest BCUT2D eigenvalue weighted by Crippen LogP contribution is 2.67. The van der Waals surface area contributed by atoms with Crippen molar-refractivity contribution < 1.29 is 4.79 Å². The van der Waals surface area contributed by atoms with Gasteiger partial charge in [-0.05, 0) is 97.9 Å². The van der Waals surface area contributed by atoms with Crippen molar-refractivity contribution in [2.45, 2.75) is 91.9 Å². The number of nitriles is 1. The number of nitrogens with zero attached hydrogens (tertiary/aromatic N) is 1. The molecule has 27 heavy (non-hydrogen) atoms. The molecule has 0 heterocycles. The molecule has 0 saturated heterocycles. The highest BCUT2D eigenvalue weighted by molar-refractivity contribution is 5.67. The molecule has 7 atom stereocenters. The summed E-state index contributed by atoms with van der Waals surface area (Å²) in [6, 6.07) is 2.39. The number of rotatable bonds is 6. The minimum atomic E-state index is 0.200. The topological polar surface area (TPSA) is 40.9 Å². The maximum atomic E-state index is 11.5. The van der Waals surface area contributed by atoms with E-state index in [1.165, 1.54) is 50.5 Å². The van der Waals surface area contributed by atoms with Crippen molar-refractivity contribution >= 4 is 6.29 Å². The smallest absolute Gasteiger partial charge is 0.142 e. The molecule has 3 rings (SSSR count). The van der Waals surface area contributed by atoms with Gasteiger partial charge in [-0.25, -0.2) is 0 Å². The Morgan fingerprint density at radius 1 is 1.19 bits per heavy atom. The molecular weight excluding hydrogens is 330 g/mol. The van der Waals surface area contributed by atoms with Gasteiger partial charge >= 0.3 is 0 Å². The van der Waals surface area contributed by atoms with E-state index < -0.39 is 0 Å². The minimum absolute atomic E-state index is 0.200. The Labute approximate surface area is 166 Å². The number of carbonyl (C=O) groups excluding carboxylic acids is 1. The minimum Gasteiger partial charge on any atom is -0.299 e. The first-order valence-corrected chi connectivity index (χ1v) is 11.5. The molecule has 0 aromatic carbocycles. The SMILES string of the molecule is CCCC1(C)/C(=C\C=O)[C@H](CC)CC2C1CCC1(C)C(CCC#N)CCC21. The summed E-state index contributed by atoms with van der Waals surface area (Å²) >= 11 is 0. The van der Waals surface area contributed by atoms with Crippen molar-refractivity contribution in [2.75, 3.05) is 0 Å². The van der Waals surface area contributed by atoms with Crippen molar-refractivity contribution in [1.29, 1.82) is 5.26 Å². The van der Waals surface area contributed by atoms with Crippen LogP contribution < -0.4 is 0 Å². The number of allylic oxidation sites excluding steroid dienone is 2. The fourth-order valence-corrected chi connectivity index (χ4v) is 8.00. The van der Waals surface area contributed by atoms with Crippen LogP contribution in [0.3, 0.4) is 0 Å². The predicted molar refractivity (Wildman–Crippen MR) is 111 cm³/mol. The Kier molecular flexibility index (Phi) is 6.19. The van der Waals surface area contributed by atoms with Gasteiger partial charge < -0.3 is 0 Å². The first-order valence-electron chi connectivity index (χ1n) is 11.5. The van der Waals surface area contributed by atoms with Crippen molar-refractivity contribution in [3.05, 3.63) is 11.6 Å². The van der Waals surface area contributed by atoms with Crippen LogP contribution in [0, 0.1) is 51.8 Å². The van der Waals surface area contributed by atoms with Gasteiger partial charge in [0.2, 0.25) is 0 Å². The summed E-state index contributed by atoms with van der Waals surface area (Å²) < 4.78 is 0. The van der Waals surface area contributed by atoms with Crippen molar-refractivity contribution in [3.63, 3.8) is 0 Å². The number of hydrogen-bond donors (Lipinski definition) is 0. The lowest BCUT2D eigenvalue weighted by Crippen LogP contribution is -2.51. The largest absolute Gasteiger partial charge is 0.299 e. The number of carbonyl (C=O) groups is 1. The molecule has 2 heteroatoms. The lowest BCUT2D eigenvalue weighted by atomic mass is 9.45. The van der Waals surface area contributed by atoms with E-state index in [9.17, 15) is 4.79 Å². The van der Waals surface area contributed by atoms with E-state index in [0.29, 0.717) is 11.3 Å². The van der Waals surface area contributed by atoms with Gasteiger partial charge in [-0.3, -0.25) is 4.79 Å². The third kappa shape index (κ3) is 3.30. The molecule has 3 saturated carbocycles. The van der Waals surface area contributed by atoms with Crippen molar-refractivity contribution in [2.24, 2.45) is 40.4 Å². The van der Waals surface area contributed by atoms with Crippen LogP contribution in [0.5, 0.6) is 0 Å². The van der Waals surface area contributed by atoms with Crippen LogP contribution in [-0.2, 0) is 4.79 Å². The van der Waals surface area contributed by atoms with Crippen LogP contribution in [0.2, 0.25) is 0 Å². The Morgan fingerprint density at radius 3 is 2.59 bits per heavy atom. The highest BCUT2D eigenvalue weighted by Gasteiger charge is 2.59. The van der Waals surface area contributed by atoms with E-state index in [-0.39, 0.29) is 5.41 Å². The zero-order valence-corrected chi connectivity index (χ0v) is 18.0. The molecule has 6 unspecified atom stereocenters. The second kappa shape index (κ2) is 8.10. The summed E-state index contributed by atoms with van der Waals surface area (Å²) in [5, 5.41) is 9.08. The second-order valence-corrected chi connectivity index (χ2v) is 10.2. The van der Waals surface area contributed by atoms with Gasteiger partial charge in [0.15, 0.2) is 0 Å². The highest BCUT2D eigenvalue weighted by atomic mass is 16.1. The first-order chi connectivity index (χ1) is 13.0. The fraction of sp³-hybridized carbons (Fsp3) is 0.840. The third-order valence-corrected chi connectivity index (χ3v) is 9.22. The summed E-state index contributed by atoms with van der Waals surface area (Å²) in [6.07, 6.45) is 15.0. The molecule has 0 radical (unpaired) electrons. The van der Waals surface area contributed by atoms with Gasteiger partial charge in [0.25, 0.3) is 0 Å². The summed E-state index contributed by atoms with van der Waals surface area (Å²) in [7, 11) is 0. The Morgan fingerprint density at radius 2 is 1.96 bits per heavy atom. The molecule has 0 amide bonds. The quantitative estimate of drug-likeness (QED) is 0.385. The Bertz CT molecular complexity index is 616. The van der Waals surface area contributed by atoms with Gasteiger partial charge in [0.1, 0.15) is 6.29 Å². The molecule has 3 fully saturated rings. The summed E-state index contributed by atoms with van der Waals surface area (Å²) in [5.41, 5.74) is 2.10. The molecule has 0 aromatic heterocycles. The van der Waals surface area contributed by atoms with E-state index >= 15 is 0 Å². The maximum absolute atomic E-state index is 11.5. The van der Waals surface area contributed by atoms with E-state index in [4.69, 9.17) is 5.26 Å². The van der Waals surface area contributed by atoms with E-state index in [0.717, 1.165) is 49.2 Å². The van der Waals surface area contributed by atoms with Crippen molar-refractivity contribution in [3.8, 4) is 6.07 Å². The zero-order chi connectivity index (χ0) is 19.7. The molecule has 0 aromatic rings. The number of fused-ring (bicyclic) bond motifs is 3. The van der Waals surface area contributed by atoms with Crippen LogP contribution in [0.25, 0.3) is 0 Å². The van der Waals surface area contributed by atoms with Crippen LogP contribution in [0.4, 0.5) is 0 Å². The lowest BCUT2D eigenvalue weighted by molar-refractivity contribution is -0.104. The van der Waals surface area contributed by atoms with E-state index in [1.807, 2.05) is 6.08 Å². The van der Waals surface area contributed by atoms with Crippen LogP contribution in [-0.4, -0.2) is 6.29 Å². The van der Waals surface area contributed by atoms with Gasteiger partial charge in [-0.2, -0.15) is 5.26 Å². The molecule has 0 spiro atoms. The molecule has 3 aliphatic carbocycles.